The number of pyridine rings is 1. The second kappa shape index (κ2) is 5.98. The Kier molecular flexibility index (Phi) is 3.78. The summed E-state index contributed by atoms with van der Waals surface area (Å²) in [5.74, 6) is 0.0989. The van der Waals surface area contributed by atoms with E-state index in [4.69, 9.17) is 0 Å². The zero-order valence-corrected chi connectivity index (χ0v) is 14.3. The molecule has 2 aliphatic rings. The fourth-order valence-electron chi connectivity index (χ4n) is 3.98. The summed E-state index contributed by atoms with van der Waals surface area (Å²) in [4.78, 5) is 33.5. The quantitative estimate of drug-likeness (QED) is 0.831. The van der Waals surface area contributed by atoms with Gasteiger partial charge in [0.05, 0.1) is 17.3 Å². The molecule has 2 aromatic rings. The third-order valence-electron chi connectivity index (χ3n) is 5.31. The van der Waals surface area contributed by atoms with Crippen molar-refractivity contribution in [2.45, 2.75) is 19.3 Å². The lowest BCUT2D eigenvalue weighted by molar-refractivity contribution is -0.127. The minimum Gasteiger partial charge on any atom is -0.338 e. The smallest absolute Gasteiger partial charge is 0.253 e. The second-order valence-electron chi connectivity index (χ2n) is 6.93. The van der Waals surface area contributed by atoms with Gasteiger partial charge in [0.2, 0.25) is 5.91 Å². The maximum atomic E-state index is 13.1. The highest BCUT2D eigenvalue weighted by molar-refractivity contribution is 6.01. The van der Waals surface area contributed by atoms with Crippen molar-refractivity contribution in [1.82, 2.24) is 19.7 Å². The van der Waals surface area contributed by atoms with E-state index < -0.39 is 5.41 Å². The molecule has 7 heteroatoms. The molecule has 25 heavy (non-hydrogen) atoms. The molecule has 0 saturated carbocycles. The minimum atomic E-state index is -0.462. The van der Waals surface area contributed by atoms with Crippen LogP contribution in [0.3, 0.4) is 0 Å². The topological polar surface area (TPSA) is 71.3 Å². The fourth-order valence-corrected chi connectivity index (χ4v) is 3.98. The number of amides is 2. The molecular formula is C18H21N5O2. The van der Waals surface area contributed by atoms with E-state index in [1.165, 1.54) is 0 Å². The van der Waals surface area contributed by atoms with Crippen LogP contribution in [0.1, 0.15) is 29.6 Å². The lowest BCUT2D eigenvalue weighted by atomic mass is 9.78. The van der Waals surface area contributed by atoms with Gasteiger partial charge in [-0.1, -0.05) is 0 Å². The summed E-state index contributed by atoms with van der Waals surface area (Å²) in [5.41, 5.74) is 1.00. The number of piperidine rings is 1. The van der Waals surface area contributed by atoms with Gasteiger partial charge in [-0.15, -0.1) is 0 Å². The Balaban J connectivity index is 1.54. The zero-order valence-electron chi connectivity index (χ0n) is 14.3. The number of anilines is 1. The number of aromatic nitrogens is 3. The fraction of sp³-hybridized carbons (Fsp3) is 0.444. The van der Waals surface area contributed by atoms with Crippen LogP contribution in [0.15, 0.2) is 36.9 Å². The van der Waals surface area contributed by atoms with Crippen molar-refractivity contribution in [3.63, 3.8) is 0 Å². The summed E-state index contributed by atoms with van der Waals surface area (Å²) in [7, 11) is 1.84. The van der Waals surface area contributed by atoms with Crippen molar-refractivity contribution in [3.8, 4) is 0 Å². The SMILES string of the molecule is Cn1cc(N2CC[C@]3(CCCN(C(=O)c4ccncc4)C3)C2=O)cn1. The van der Waals surface area contributed by atoms with Gasteiger partial charge in [-0.3, -0.25) is 19.3 Å². The van der Waals surface area contributed by atoms with Crippen LogP contribution in [0, 0.1) is 5.41 Å². The first-order chi connectivity index (χ1) is 12.1. The number of carbonyl (C=O) groups excluding carboxylic acids is 2. The van der Waals surface area contributed by atoms with E-state index in [-0.39, 0.29) is 11.8 Å². The highest BCUT2D eigenvalue weighted by Gasteiger charge is 2.50. The molecule has 0 N–H and O–H groups in total. The zero-order chi connectivity index (χ0) is 17.4. The number of rotatable bonds is 2. The lowest BCUT2D eigenvalue weighted by Crippen LogP contribution is -2.49. The lowest BCUT2D eigenvalue weighted by Gasteiger charge is -2.39. The Morgan fingerprint density at radius 2 is 2.00 bits per heavy atom. The summed E-state index contributed by atoms with van der Waals surface area (Å²) in [5, 5.41) is 4.16. The predicted molar refractivity (Wildman–Crippen MR) is 92.0 cm³/mol. The minimum absolute atomic E-state index is 0.0193. The summed E-state index contributed by atoms with van der Waals surface area (Å²) in [6.07, 6.45) is 9.29. The van der Waals surface area contributed by atoms with Gasteiger partial charge in [0, 0.05) is 50.8 Å². The molecule has 0 aliphatic carbocycles. The molecule has 2 fully saturated rings. The molecule has 2 aromatic heterocycles. The number of aryl methyl sites for hydroxylation is 1. The molecule has 0 aromatic carbocycles. The maximum absolute atomic E-state index is 13.1. The Morgan fingerprint density at radius 1 is 1.20 bits per heavy atom. The summed E-state index contributed by atoms with van der Waals surface area (Å²) in [6.45, 7) is 1.87. The monoisotopic (exact) mass is 339 g/mol. The van der Waals surface area contributed by atoms with E-state index >= 15 is 0 Å². The number of nitrogens with zero attached hydrogens (tertiary/aromatic N) is 5. The van der Waals surface area contributed by atoms with Crippen LogP contribution in [-0.2, 0) is 11.8 Å². The van der Waals surface area contributed by atoms with Crippen LogP contribution in [-0.4, -0.2) is 51.1 Å². The molecule has 1 atom stereocenters. The molecule has 1 spiro atoms. The van der Waals surface area contributed by atoms with Crippen LogP contribution < -0.4 is 4.90 Å². The Morgan fingerprint density at radius 3 is 2.72 bits per heavy atom. The molecule has 7 nitrogen and oxygen atoms in total. The number of hydrogen-bond acceptors (Lipinski definition) is 4. The molecule has 2 aliphatic heterocycles. The van der Waals surface area contributed by atoms with Gasteiger partial charge in [0.25, 0.3) is 5.91 Å². The molecule has 2 saturated heterocycles. The van der Waals surface area contributed by atoms with Crippen molar-refractivity contribution in [3.05, 3.63) is 42.5 Å². The van der Waals surface area contributed by atoms with Crippen LogP contribution in [0.25, 0.3) is 0 Å². The van der Waals surface area contributed by atoms with Crippen LogP contribution in [0.5, 0.6) is 0 Å². The summed E-state index contributed by atoms with van der Waals surface area (Å²) >= 11 is 0. The van der Waals surface area contributed by atoms with Gasteiger partial charge < -0.3 is 9.80 Å². The van der Waals surface area contributed by atoms with Gasteiger partial charge in [0.1, 0.15) is 0 Å². The van der Waals surface area contributed by atoms with Gasteiger partial charge in [0.15, 0.2) is 0 Å². The van der Waals surface area contributed by atoms with Crippen molar-refractivity contribution in [2.24, 2.45) is 12.5 Å². The second-order valence-corrected chi connectivity index (χ2v) is 6.93. The number of hydrogen-bond donors (Lipinski definition) is 0. The van der Waals surface area contributed by atoms with E-state index in [9.17, 15) is 9.59 Å². The Labute approximate surface area is 146 Å². The van der Waals surface area contributed by atoms with Crippen LogP contribution >= 0.6 is 0 Å². The van der Waals surface area contributed by atoms with Crippen LogP contribution in [0.4, 0.5) is 5.69 Å². The summed E-state index contributed by atoms with van der Waals surface area (Å²) < 4.78 is 1.70. The predicted octanol–water partition coefficient (Wildman–Crippen LogP) is 1.47. The molecule has 0 radical (unpaired) electrons. The largest absolute Gasteiger partial charge is 0.338 e. The van der Waals surface area contributed by atoms with Crippen molar-refractivity contribution < 1.29 is 9.59 Å². The third kappa shape index (κ3) is 2.69. The Hall–Kier alpha value is -2.70. The summed E-state index contributed by atoms with van der Waals surface area (Å²) in [6, 6.07) is 3.45. The standard InChI is InChI=1S/C18H21N5O2/c1-21-12-15(11-20-21)23-10-6-18(17(23)25)5-2-9-22(13-18)16(24)14-3-7-19-8-4-14/h3-4,7-8,11-12H,2,5-6,9-10,13H2,1H3/t18-/m0/s1. The Bertz CT molecular complexity index is 803. The van der Waals surface area contributed by atoms with E-state index in [2.05, 4.69) is 10.1 Å². The molecule has 2 amide bonds. The van der Waals surface area contributed by atoms with E-state index in [0.717, 1.165) is 24.9 Å². The van der Waals surface area contributed by atoms with Crippen molar-refractivity contribution in [1.29, 1.82) is 0 Å². The van der Waals surface area contributed by atoms with Crippen molar-refractivity contribution in [2.75, 3.05) is 24.5 Å². The van der Waals surface area contributed by atoms with E-state index in [0.29, 0.717) is 25.2 Å². The first-order valence-corrected chi connectivity index (χ1v) is 8.59. The van der Waals surface area contributed by atoms with E-state index in [1.807, 2.05) is 23.0 Å². The van der Waals surface area contributed by atoms with Gasteiger partial charge in [-0.05, 0) is 31.4 Å². The van der Waals surface area contributed by atoms with Crippen molar-refractivity contribution >= 4 is 17.5 Å². The normalized spacial score (nSPS) is 23.5. The van der Waals surface area contributed by atoms with Gasteiger partial charge in [-0.25, -0.2) is 0 Å². The molecule has 4 heterocycles. The van der Waals surface area contributed by atoms with Crippen LogP contribution in [0.2, 0.25) is 0 Å². The van der Waals surface area contributed by atoms with Gasteiger partial charge in [-0.2, -0.15) is 5.10 Å². The van der Waals surface area contributed by atoms with E-state index in [1.54, 1.807) is 35.4 Å². The first-order valence-electron chi connectivity index (χ1n) is 8.59. The average Bonchev–Trinajstić information content (AvgIpc) is 3.20. The molecule has 0 unspecified atom stereocenters. The first kappa shape index (κ1) is 15.8. The third-order valence-corrected chi connectivity index (χ3v) is 5.31. The number of likely N-dealkylation sites (tertiary alicyclic amines) is 1. The number of carbonyl (C=O) groups is 2. The molecule has 130 valence electrons. The molecule has 0 bridgehead atoms. The maximum Gasteiger partial charge on any atom is 0.253 e. The molecule has 4 rings (SSSR count). The van der Waals surface area contributed by atoms with Gasteiger partial charge >= 0.3 is 0 Å². The highest BCUT2D eigenvalue weighted by Crippen LogP contribution is 2.42. The molecular weight excluding hydrogens is 318 g/mol. The highest BCUT2D eigenvalue weighted by atomic mass is 16.2. The average molecular weight is 339 g/mol.